The molecule has 1 aromatic heterocycles. The highest BCUT2D eigenvalue weighted by Gasteiger charge is 2.26. The van der Waals surface area contributed by atoms with Crippen molar-refractivity contribution in [3.05, 3.63) is 30.3 Å². The van der Waals surface area contributed by atoms with Crippen LogP contribution < -0.4 is 10.6 Å². The summed E-state index contributed by atoms with van der Waals surface area (Å²) in [5.41, 5.74) is 0.872. The van der Waals surface area contributed by atoms with E-state index in [0.717, 1.165) is 44.3 Å². The molecule has 2 aliphatic heterocycles. The quantitative estimate of drug-likeness (QED) is 0.733. The average Bonchev–Trinajstić information content (AvgIpc) is 3.45. The zero-order valence-corrected chi connectivity index (χ0v) is 16.5. The molecule has 2 fully saturated rings. The Morgan fingerprint density at radius 2 is 2.03 bits per heavy atom. The molecule has 2 atom stereocenters. The summed E-state index contributed by atoms with van der Waals surface area (Å²) in [6, 6.07) is 9.51. The van der Waals surface area contributed by atoms with Crippen LogP contribution in [-0.2, 0) is 16.1 Å². The van der Waals surface area contributed by atoms with Crippen LogP contribution in [0.2, 0.25) is 0 Å². The number of benzene rings is 1. The molecule has 2 aromatic rings. The van der Waals surface area contributed by atoms with E-state index in [0.29, 0.717) is 18.9 Å². The van der Waals surface area contributed by atoms with Crippen molar-refractivity contribution in [2.75, 3.05) is 26.2 Å². The fourth-order valence-corrected chi connectivity index (χ4v) is 3.97. The molecule has 3 heterocycles. The number of hydrogen-bond acceptors (Lipinski definition) is 6. The van der Waals surface area contributed by atoms with Gasteiger partial charge in [0.05, 0.1) is 6.04 Å². The van der Waals surface area contributed by atoms with Gasteiger partial charge in [0.25, 0.3) is 0 Å². The second kappa shape index (κ2) is 9.13. The van der Waals surface area contributed by atoms with E-state index in [1.807, 2.05) is 35.2 Å². The number of carbonyl (C=O) groups is 2. The molecular weight excluding hydrogens is 370 g/mol. The number of carbonyl (C=O) groups excluding carboxylic acids is 2. The first-order valence-corrected chi connectivity index (χ1v) is 10.3. The summed E-state index contributed by atoms with van der Waals surface area (Å²) >= 11 is 0. The van der Waals surface area contributed by atoms with Crippen LogP contribution in [0.25, 0.3) is 11.4 Å². The second-order valence-corrected chi connectivity index (χ2v) is 7.75. The van der Waals surface area contributed by atoms with E-state index < -0.39 is 0 Å². The lowest BCUT2D eigenvalue weighted by molar-refractivity contribution is -0.134. The third kappa shape index (κ3) is 4.97. The number of amides is 2. The Morgan fingerprint density at radius 3 is 2.83 bits per heavy atom. The van der Waals surface area contributed by atoms with Crippen LogP contribution in [0.15, 0.2) is 30.3 Å². The van der Waals surface area contributed by atoms with Crippen molar-refractivity contribution in [1.82, 2.24) is 35.7 Å². The number of likely N-dealkylation sites (tertiary alicyclic amines) is 1. The standard InChI is InChI=1S/C20H27N7O2/c28-18(14-27-24-19(23-25-27)16-7-2-1-3-8-16)26-11-5-6-15(13-26)12-22-20(29)17-9-4-10-21-17/h1-3,7-8,15,17,21H,4-6,9-14H2,(H,22,29). The maximum atomic E-state index is 12.7. The normalized spacial score (nSPS) is 21.9. The lowest BCUT2D eigenvalue weighted by Crippen LogP contribution is -2.47. The van der Waals surface area contributed by atoms with Gasteiger partial charge in [-0.3, -0.25) is 9.59 Å². The molecule has 4 rings (SSSR count). The van der Waals surface area contributed by atoms with E-state index in [2.05, 4.69) is 26.0 Å². The van der Waals surface area contributed by atoms with Gasteiger partial charge in [-0.15, -0.1) is 10.2 Å². The molecule has 2 amide bonds. The minimum absolute atomic E-state index is 0.0181. The lowest BCUT2D eigenvalue weighted by Gasteiger charge is -2.33. The molecule has 2 aliphatic rings. The SMILES string of the molecule is O=C(NCC1CCCN(C(=O)Cn2nnc(-c3ccccc3)n2)C1)C1CCCN1. The molecule has 2 unspecified atom stereocenters. The molecule has 9 heteroatoms. The second-order valence-electron chi connectivity index (χ2n) is 7.75. The van der Waals surface area contributed by atoms with Crippen LogP contribution >= 0.6 is 0 Å². The number of piperidine rings is 1. The maximum absolute atomic E-state index is 12.7. The van der Waals surface area contributed by atoms with Crippen LogP contribution in [0.1, 0.15) is 25.7 Å². The van der Waals surface area contributed by atoms with Crippen molar-refractivity contribution in [2.24, 2.45) is 5.92 Å². The van der Waals surface area contributed by atoms with Crippen molar-refractivity contribution in [3.8, 4) is 11.4 Å². The number of aromatic nitrogens is 4. The van der Waals surface area contributed by atoms with Crippen molar-refractivity contribution in [1.29, 1.82) is 0 Å². The highest BCUT2D eigenvalue weighted by molar-refractivity contribution is 5.82. The number of hydrogen-bond donors (Lipinski definition) is 2. The van der Waals surface area contributed by atoms with Crippen LogP contribution in [0, 0.1) is 5.92 Å². The third-order valence-electron chi connectivity index (χ3n) is 5.57. The zero-order chi connectivity index (χ0) is 20.1. The highest BCUT2D eigenvalue weighted by Crippen LogP contribution is 2.17. The van der Waals surface area contributed by atoms with Crippen LogP contribution in [-0.4, -0.2) is 69.1 Å². The molecule has 1 aromatic carbocycles. The Kier molecular flexibility index (Phi) is 6.14. The van der Waals surface area contributed by atoms with Crippen molar-refractivity contribution in [2.45, 2.75) is 38.3 Å². The van der Waals surface area contributed by atoms with E-state index in [1.54, 1.807) is 0 Å². The van der Waals surface area contributed by atoms with E-state index in [9.17, 15) is 9.59 Å². The van der Waals surface area contributed by atoms with Gasteiger partial charge in [0, 0.05) is 25.2 Å². The average molecular weight is 397 g/mol. The molecule has 0 radical (unpaired) electrons. The van der Waals surface area contributed by atoms with Crippen LogP contribution in [0.3, 0.4) is 0 Å². The van der Waals surface area contributed by atoms with Gasteiger partial charge < -0.3 is 15.5 Å². The van der Waals surface area contributed by atoms with Gasteiger partial charge in [-0.05, 0) is 43.4 Å². The summed E-state index contributed by atoms with van der Waals surface area (Å²) in [4.78, 5) is 28.1. The molecule has 2 saturated heterocycles. The molecule has 0 aliphatic carbocycles. The minimum atomic E-state index is -0.0616. The van der Waals surface area contributed by atoms with E-state index >= 15 is 0 Å². The molecule has 29 heavy (non-hydrogen) atoms. The molecule has 0 spiro atoms. The van der Waals surface area contributed by atoms with Gasteiger partial charge in [-0.2, -0.15) is 4.80 Å². The first kappa shape index (κ1) is 19.5. The van der Waals surface area contributed by atoms with Crippen molar-refractivity contribution < 1.29 is 9.59 Å². The van der Waals surface area contributed by atoms with E-state index in [-0.39, 0.29) is 30.3 Å². The summed E-state index contributed by atoms with van der Waals surface area (Å²) in [6.45, 7) is 2.97. The highest BCUT2D eigenvalue weighted by atomic mass is 16.2. The van der Waals surface area contributed by atoms with Gasteiger partial charge >= 0.3 is 0 Å². The van der Waals surface area contributed by atoms with Gasteiger partial charge in [-0.1, -0.05) is 30.3 Å². The summed E-state index contributed by atoms with van der Waals surface area (Å²) in [6.07, 6.45) is 3.90. The van der Waals surface area contributed by atoms with Crippen molar-refractivity contribution in [3.63, 3.8) is 0 Å². The summed E-state index contributed by atoms with van der Waals surface area (Å²) in [5, 5.41) is 18.6. The molecule has 9 nitrogen and oxygen atoms in total. The molecule has 2 N–H and O–H groups in total. The topological polar surface area (TPSA) is 105 Å². The predicted octanol–water partition coefficient (Wildman–Crippen LogP) is 0.447. The largest absolute Gasteiger partial charge is 0.354 e. The molecule has 154 valence electrons. The van der Waals surface area contributed by atoms with E-state index in [4.69, 9.17) is 0 Å². The Labute approximate surface area is 169 Å². The summed E-state index contributed by atoms with van der Waals surface area (Å²) < 4.78 is 0. The molecular formula is C20H27N7O2. The Balaban J connectivity index is 1.27. The van der Waals surface area contributed by atoms with Crippen molar-refractivity contribution >= 4 is 11.8 Å². The first-order chi connectivity index (χ1) is 14.2. The first-order valence-electron chi connectivity index (χ1n) is 10.3. The summed E-state index contributed by atoms with van der Waals surface area (Å²) in [5.74, 6) is 0.849. The summed E-state index contributed by atoms with van der Waals surface area (Å²) in [7, 11) is 0. The van der Waals surface area contributed by atoms with Gasteiger partial charge in [-0.25, -0.2) is 0 Å². The van der Waals surface area contributed by atoms with Gasteiger partial charge in [0.15, 0.2) is 0 Å². The number of rotatable bonds is 6. The minimum Gasteiger partial charge on any atom is -0.354 e. The van der Waals surface area contributed by atoms with E-state index in [1.165, 1.54) is 4.80 Å². The van der Waals surface area contributed by atoms with Crippen LogP contribution in [0.4, 0.5) is 0 Å². The van der Waals surface area contributed by atoms with Crippen LogP contribution in [0.5, 0.6) is 0 Å². The number of nitrogens with zero attached hydrogens (tertiary/aromatic N) is 5. The molecule has 0 saturated carbocycles. The Bertz CT molecular complexity index is 832. The molecule has 0 bridgehead atoms. The van der Waals surface area contributed by atoms with Gasteiger partial charge in [0.2, 0.25) is 17.6 Å². The van der Waals surface area contributed by atoms with Gasteiger partial charge in [0.1, 0.15) is 6.54 Å². The number of nitrogens with one attached hydrogen (secondary N) is 2. The fraction of sp³-hybridized carbons (Fsp3) is 0.550. The fourth-order valence-electron chi connectivity index (χ4n) is 3.97. The third-order valence-corrected chi connectivity index (χ3v) is 5.57. The monoisotopic (exact) mass is 397 g/mol. The maximum Gasteiger partial charge on any atom is 0.246 e. The number of tetrazole rings is 1. The zero-order valence-electron chi connectivity index (χ0n) is 16.5. The lowest BCUT2D eigenvalue weighted by atomic mass is 9.97. The predicted molar refractivity (Wildman–Crippen MR) is 107 cm³/mol. The smallest absolute Gasteiger partial charge is 0.246 e. The Hall–Kier alpha value is -2.81. The Morgan fingerprint density at radius 1 is 1.17 bits per heavy atom.